The van der Waals surface area contributed by atoms with Gasteiger partial charge in [-0.05, 0) is 52.3 Å². The Hall–Kier alpha value is -1.97. The van der Waals surface area contributed by atoms with Crippen LogP contribution in [0.2, 0.25) is 0 Å². The van der Waals surface area contributed by atoms with Crippen LogP contribution in [-0.2, 0) is 10.0 Å². The zero-order valence-electron chi connectivity index (χ0n) is 15.8. The topological polar surface area (TPSA) is 81.2 Å². The summed E-state index contributed by atoms with van der Waals surface area (Å²) >= 11 is 1.26. The first kappa shape index (κ1) is 18.4. The summed E-state index contributed by atoms with van der Waals surface area (Å²) in [6.07, 6.45) is 0.767. The number of nitrogens with zero attached hydrogens (tertiary/aromatic N) is 4. The molecule has 4 rings (SSSR count). The second kappa shape index (κ2) is 6.57. The van der Waals surface area contributed by atoms with Gasteiger partial charge >= 0.3 is 0 Å². The monoisotopic (exact) mass is 406 g/mol. The average Bonchev–Trinajstić information content (AvgIpc) is 3.35. The smallest absolute Gasteiger partial charge is 0.252 e. The predicted octanol–water partition coefficient (Wildman–Crippen LogP) is 3.47. The Morgan fingerprint density at radius 1 is 1.22 bits per heavy atom. The zero-order chi connectivity index (χ0) is 19.3. The van der Waals surface area contributed by atoms with Gasteiger partial charge < -0.3 is 4.52 Å². The van der Waals surface area contributed by atoms with Crippen LogP contribution in [-0.4, -0.2) is 40.7 Å². The quantitative estimate of drug-likeness (QED) is 0.663. The van der Waals surface area contributed by atoms with Gasteiger partial charge in [0.1, 0.15) is 9.97 Å². The van der Waals surface area contributed by atoms with Crippen molar-refractivity contribution >= 4 is 21.4 Å². The minimum Gasteiger partial charge on any atom is -0.361 e. The Morgan fingerprint density at radius 2 is 2.00 bits per heavy atom. The Morgan fingerprint density at radius 3 is 2.63 bits per heavy atom. The SMILES string of the molecule is Cc1cc(C)n(C2CCN(S(=O)(=O)c3ccc(-c4c(C)noc4C)s3)C2)n1. The third kappa shape index (κ3) is 3.13. The van der Waals surface area contributed by atoms with E-state index >= 15 is 0 Å². The van der Waals surface area contributed by atoms with E-state index in [1.165, 1.54) is 11.3 Å². The van der Waals surface area contributed by atoms with E-state index in [9.17, 15) is 8.42 Å². The van der Waals surface area contributed by atoms with Crippen molar-refractivity contribution in [3.05, 3.63) is 41.0 Å². The molecule has 9 heteroatoms. The summed E-state index contributed by atoms with van der Waals surface area (Å²) in [6.45, 7) is 8.61. The van der Waals surface area contributed by atoms with Crippen molar-refractivity contribution in [2.24, 2.45) is 0 Å². The van der Waals surface area contributed by atoms with Crippen LogP contribution in [0.1, 0.15) is 35.3 Å². The minimum atomic E-state index is -3.52. The van der Waals surface area contributed by atoms with Gasteiger partial charge in [-0.2, -0.15) is 9.40 Å². The van der Waals surface area contributed by atoms with Crippen LogP contribution < -0.4 is 0 Å². The van der Waals surface area contributed by atoms with Crippen molar-refractivity contribution in [1.82, 2.24) is 19.2 Å². The summed E-state index contributed by atoms with van der Waals surface area (Å²) in [7, 11) is -3.52. The molecule has 3 aromatic rings. The van der Waals surface area contributed by atoms with E-state index in [0.717, 1.165) is 33.9 Å². The van der Waals surface area contributed by atoms with Crippen LogP contribution >= 0.6 is 11.3 Å². The van der Waals surface area contributed by atoms with Crippen LogP contribution in [0.5, 0.6) is 0 Å². The summed E-state index contributed by atoms with van der Waals surface area (Å²) < 4.78 is 35.3. The lowest BCUT2D eigenvalue weighted by Crippen LogP contribution is -2.29. The van der Waals surface area contributed by atoms with Crippen LogP contribution in [0.25, 0.3) is 10.4 Å². The predicted molar refractivity (Wildman–Crippen MR) is 103 cm³/mol. The molecule has 4 heterocycles. The standard InChI is InChI=1S/C18H22N4O3S2/c1-11-9-12(2)22(19-11)15-7-8-21(10-15)27(23,24)17-6-5-16(26-17)18-13(3)20-25-14(18)4/h5-6,9,15H,7-8,10H2,1-4H3. The third-order valence-electron chi connectivity index (χ3n) is 4.97. The van der Waals surface area contributed by atoms with Crippen molar-refractivity contribution in [3.63, 3.8) is 0 Å². The largest absolute Gasteiger partial charge is 0.361 e. The van der Waals surface area contributed by atoms with Gasteiger partial charge in [0, 0.05) is 23.7 Å². The first-order valence-electron chi connectivity index (χ1n) is 8.83. The van der Waals surface area contributed by atoms with E-state index in [-0.39, 0.29) is 6.04 Å². The van der Waals surface area contributed by atoms with E-state index in [2.05, 4.69) is 10.3 Å². The van der Waals surface area contributed by atoms with Gasteiger partial charge in [0.05, 0.1) is 23.0 Å². The summed E-state index contributed by atoms with van der Waals surface area (Å²) in [5.74, 6) is 0.698. The van der Waals surface area contributed by atoms with E-state index in [1.54, 1.807) is 10.4 Å². The van der Waals surface area contributed by atoms with Crippen molar-refractivity contribution in [3.8, 4) is 10.4 Å². The maximum Gasteiger partial charge on any atom is 0.252 e. The van der Waals surface area contributed by atoms with E-state index in [4.69, 9.17) is 4.52 Å². The van der Waals surface area contributed by atoms with Gasteiger partial charge in [-0.25, -0.2) is 8.42 Å². The molecular formula is C18H22N4O3S2. The van der Waals surface area contributed by atoms with Crippen LogP contribution in [0, 0.1) is 27.7 Å². The van der Waals surface area contributed by atoms with Gasteiger partial charge in [0.25, 0.3) is 10.0 Å². The van der Waals surface area contributed by atoms with E-state index < -0.39 is 10.0 Å². The van der Waals surface area contributed by atoms with Gasteiger partial charge in [0.2, 0.25) is 0 Å². The summed E-state index contributed by atoms with van der Waals surface area (Å²) in [4.78, 5) is 0.860. The second-order valence-electron chi connectivity index (χ2n) is 7.00. The van der Waals surface area contributed by atoms with Gasteiger partial charge in [0.15, 0.2) is 0 Å². The minimum absolute atomic E-state index is 0.0791. The number of hydrogen-bond donors (Lipinski definition) is 0. The van der Waals surface area contributed by atoms with Crippen molar-refractivity contribution < 1.29 is 12.9 Å². The highest BCUT2D eigenvalue weighted by Gasteiger charge is 2.35. The normalized spacial score (nSPS) is 18.4. The second-order valence-corrected chi connectivity index (χ2v) is 10.2. The summed E-state index contributed by atoms with van der Waals surface area (Å²) in [5, 5.41) is 8.48. The van der Waals surface area contributed by atoms with Gasteiger partial charge in [-0.15, -0.1) is 11.3 Å². The number of sulfonamides is 1. The molecule has 1 fully saturated rings. The molecule has 1 aliphatic heterocycles. The fourth-order valence-electron chi connectivity index (χ4n) is 3.70. The number of aromatic nitrogens is 3. The van der Waals surface area contributed by atoms with Crippen molar-refractivity contribution in [2.45, 2.75) is 44.4 Å². The highest BCUT2D eigenvalue weighted by Crippen LogP contribution is 2.37. The Labute approximate surface area is 162 Å². The molecule has 1 unspecified atom stereocenters. The molecule has 7 nitrogen and oxygen atoms in total. The third-order valence-corrected chi connectivity index (χ3v) is 8.41. The molecule has 0 N–H and O–H groups in total. The van der Waals surface area contributed by atoms with Crippen LogP contribution in [0.3, 0.4) is 0 Å². The lowest BCUT2D eigenvalue weighted by molar-refractivity contribution is 0.393. The molecule has 0 radical (unpaired) electrons. The molecule has 0 bridgehead atoms. The first-order valence-corrected chi connectivity index (χ1v) is 11.1. The molecule has 0 aromatic carbocycles. The average molecular weight is 407 g/mol. The molecule has 144 valence electrons. The van der Waals surface area contributed by atoms with Crippen LogP contribution in [0.4, 0.5) is 0 Å². The Balaban J connectivity index is 1.59. The fraction of sp³-hybridized carbons (Fsp3) is 0.444. The molecule has 1 aliphatic rings. The Bertz CT molecular complexity index is 1070. The fourth-order valence-corrected chi connectivity index (χ4v) is 6.80. The van der Waals surface area contributed by atoms with E-state index in [0.29, 0.717) is 23.1 Å². The van der Waals surface area contributed by atoms with Crippen LogP contribution in [0.15, 0.2) is 26.9 Å². The first-order chi connectivity index (χ1) is 12.8. The molecule has 1 saturated heterocycles. The lowest BCUT2D eigenvalue weighted by Gasteiger charge is -2.16. The van der Waals surface area contributed by atoms with Crippen molar-refractivity contribution in [2.75, 3.05) is 13.1 Å². The maximum absolute atomic E-state index is 13.1. The number of aryl methyl sites for hydroxylation is 4. The molecule has 27 heavy (non-hydrogen) atoms. The molecule has 3 aromatic heterocycles. The highest BCUT2D eigenvalue weighted by molar-refractivity contribution is 7.91. The summed E-state index contributed by atoms with van der Waals surface area (Å²) in [6, 6.07) is 5.61. The lowest BCUT2D eigenvalue weighted by atomic mass is 10.2. The summed E-state index contributed by atoms with van der Waals surface area (Å²) in [5.41, 5.74) is 3.66. The number of rotatable bonds is 4. The highest BCUT2D eigenvalue weighted by atomic mass is 32.2. The molecule has 0 saturated carbocycles. The van der Waals surface area contributed by atoms with Gasteiger partial charge in [-0.1, -0.05) is 5.16 Å². The Kier molecular flexibility index (Phi) is 4.48. The number of thiophene rings is 1. The number of hydrogen-bond acceptors (Lipinski definition) is 6. The van der Waals surface area contributed by atoms with E-state index in [1.807, 2.05) is 44.5 Å². The molecule has 0 aliphatic carbocycles. The van der Waals surface area contributed by atoms with Gasteiger partial charge in [-0.3, -0.25) is 4.68 Å². The molecule has 1 atom stereocenters. The maximum atomic E-state index is 13.1. The molecular weight excluding hydrogens is 384 g/mol. The van der Waals surface area contributed by atoms with Crippen molar-refractivity contribution in [1.29, 1.82) is 0 Å². The molecule has 0 amide bonds. The zero-order valence-corrected chi connectivity index (χ0v) is 17.4. The molecule has 0 spiro atoms.